The van der Waals surface area contributed by atoms with Gasteiger partial charge in [-0.25, -0.2) is 4.99 Å². The van der Waals surface area contributed by atoms with Crippen molar-refractivity contribution >= 4 is 23.0 Å². The van der Waals surface area contributed by atoms with E-state index in [1.54, 1.807) is 0 Å². The van der Waals surface area contributed by atoms with Crippen molar-refractivity contribution in [3.05, 3.63) is 131 Å². The maximum atomic E-state index is 13.9. The predicted octanol–water partition coefficient (Wildman–Crippen LogP) is 6.75. The smallest absolute Gasteiger partial charge is 0.271 e. The van der Waals surface area contributed by atoms with Crippen molar-refractivity contribution in [1.29, 1.82) is 0 Å². The molecule has 1 N–H and O–H groups in total. The Morgan fingerprint density at radius 3 is 1.88 bits per heavy atom. The van der Waals surface area contributed by atoms with Crippen LogP contribution in [0.2, 0.25) is 0 Å². The second kappa shape index (κ2) is 9.11. The summed E-state index contributed by atoms with van der Waals surface area (Å²) in [5.74, 6) is -0.142. The van der Waals surface area contributed by atoms with Crippen molar-refractivity contribution in [2.45, 2.75) is 32.1 Å². The summed E-state index contributed by atoms with van der Waals surface area (Å²) in [6, 6.07) is 35.0. The molecule has 0 saturated heterocycles. The first-order chi connectivity index (χ1) is 16.6. The molecule has 0 bridgehead atoms. The van der Waals surface area contributed by atoms with Gasteiger partial charge < -0.3 is 5.32 Å². The van der Waals surface area contributed by atoms with Crippen molar-refractivity contribution in [3.63, 3.8) is 0 Å². The van der Waals surface area contributed by atoms with Gasteiger partial charge in [-0.05, 0) is 60.6 Å². The van der Waals surface area contributed by atoms with Gasteiger partial charge in [0, 0.05) is 5.69 Å². The first kappa shape index (κ1) is 21.8. The summed E-state index contributed by atoms with van der Waals surface area (Å²) >= 11 is 0. The van der Waals surface area contributed by atoms with Gasteiger partial charge >= 0.3 is 0 Å². The van der Waals surface area contributed by atoms with Crippen LogP contribution >= 0.6 is 0 Å². The number of aryl methyl sites for hydroxylation is 2. The Kier molecular flexibility index (Phi) is 5.85. The van der Waals surface area contributed by atoms with Gasteiger partial charge in [-0.2, -0.15) is 0 Å². The highest BCUT2D eigenvalue weighted by Gasteiger charge is 2.47. The van der Waals surface area contributed by atoms with Crippen LogP contribution in [0.4, 0.5) is 11.4 Å². The third-order valence-electron chi connectivity index (χ3n) is 6.74. The maximum Gasteiger partial charge on any atom is 0.271 e. The van der Waals surface area contributed by atoms with Crippen LogP contribution in [0.15, 0.2) is 108 Å². The van der Waals surface area contributed by atoms with Gasteiger partial charge in [0.2, 0.25) is 0 Å². The number of amides is 1. The standard InChI is InChI=1S/C31H28N2O/c1-22-12-9-10-19-27(22)32-30(34)29-31(20-24-14-5-3-6-15-24,21-25-16-7-4-8-17-25)26-18-11-13-23(2)28(26)33-29/h3-19H,20-21H2,1-2H3,(H,32,34). The molecule has 168 valence electrons. The third-order valence-corrected chi connectivity index (χ3v) is 6.74. The van der Waals surface area contributed by atoms with E-state index in [9.17, 15) is 4.79 Å². The summed E-state index contributed by atoms with van der Waals surface area (Å²) < 4.78 is 0. The Hall–Kier alpha value is -3.98. The first-order valence-corrected chi connectivity index (χ1v) is 11.7. The Labute approximate surface area is 201 Å². The van der Waals surface area contributed by atoms with Crippen LogP contribution in [-0.2, 0) is 23.1 Å². The van der Waals surface area contributed by atoms with Crippen LogP contribution in [0.1, 0.15) is 27.8 Å². The molecule has 0 atom stereocenters. The van der Waals surface area contributed by atoms with Gasteiger partial charge in [-0.15, -0.1) is 0 Å². The van der Waals surface area contributed by atoms with Gasteiger partial charge in [0.05, 0.1) is 11.1 Å². The molecular formula is C31H28N2O. The molecule has 1 heterocycles. The van der Waals surface area contributed by atoms with E-state index in [-0.39, 0.29) is 5.91 Å². The maximum absolute atomic E-state index is 13.9. The fourth-order valence-electron chi connectivity index (χ4n) is 5.01. The lowest BCUT2D eigenvalue weighted by Crippen LogP contribution is -2.44. The number of fused-ring (bicyclic) bond motifs is 1. The molecule has 1 aliphatic heterocycles. The number of hydrogen-bond donors (Lipinski definition) is 1. The van der Waals surface area contributed by atoms with Crippen LogP contribution < -0.4 is 5.32 Å². The molecule has 4 aromatic carbocycles. The van der Waals surface area contributed by atoms with Gasteiger partial charge in [0.1, 0.15) is 5.71 Å². The highest BCUT2D eigenvalue weighted by molar-refractivity contribution is 6.47. The number of para-hydroxylation sites is 2. The number of benzene rings is 4. The second-order valence-corrected chi connectivity index (χ2v) is 9.11. The molecule has 1 amide bonds. The Morgan fingerprint density at radius 2 is 1.26 bits per heavy atom. The average molecular weight is 445 g/mol. The summed E-state index contributed by atoms with van der Waals surface area (Å²) in [7, 11) is 0. The highest BCUT2D eigenvalue weighted by atomic mass is 16.2. The lowest BCUT2D eigenvalue weighted by Gasteiger charge is -2.32. The van der Waals surface area contributed by atoms with Crippen LogP contribution in [0.5, 0.6) is 0 Å². The van der Waals surface area contributed by atoms with E-state index in [0.29, 0.717) is 18.6 Å². The number of rotatable bonds is 6. The SMILES string of the molecule is Cc1ccccc1NC(=O)C1=Nc2c(C)cccc2C1(Cc1ccccc1)Cc1ccccc1. The number of nitrogens with zero attached hydrogens (tertiary/aromatic N) is 1. The number of aliphatic imine (C=N–C) groups is 1. The molecule has 0 unspecified atom stereocenters. The van der Waals surface area contributed by atoms with E-state index in [0.717, 1.165) is 28.1 Å². The minimum absolute atomic E-state index is 0.142. The molecule has 1 aliphatic rings. The Bertz CT molecular complexity index is 1320. The molecule has 0 spiro atoms. The second-order valence-electron chi connectivity index (χ2n) is 9.11. The summed E-state index contributed by atoms with van der Waals surface area (Å²) in [5.41, 5.74) is 7.34. The van der Waals surface area contributed by atoms with Crippen LogP contribution in [0.3, 0.4) is 0 Å². The summed E-state index contributed by atoms with van der Waals surface area (Å²) in [5, 5.41) is 3.16. The van der Waals surface area contributed by atoms with Crippen molar-refractivity contribution in [3.8, 4) is 0 Å². The van der Waals surface area contributed by atoms with Crippen LogP contribution in [0, 0.1) is 13.8 Å². The number of hydrogen-bond acceptors (Lipinski definition) is 2. The molecule has 34 heavy (non-hydrogen) atoms. The third kappa shape index (κ3) is 4.06. The minimum Gasteiger partial charge on any atom is -0.321 e. The lowest BCUT2D eigenvalue weighted by atomic mass is 9.68. The zero-order valence-corrected chi connectivity index (χ0v) is 19.6. The van der Waals surface area contributed by atoms with Crippen LogP contribution in [-0.4, -0.2) is 11.6 Å². The fraction of sp³-hybridized carbons (Fsp3) is 0.161. The number of carbonyl (C=O) groups excluding carboxylic acids is 1. The molecule has 3 heteroatoms. The molecular weight excluding hydrogens is 416 g/mol. The van der Waals surface area contributed by atoms with E-state index < -0.39 is 5.41 Å². The number of anilines is 1. The predicted molar refractivity (Wildman–Crippen MR) is 140 cm³/mol. The lowest BCUT2D eigenvalue weighted by molar-refractivity contribution is -0.110. The normalized spacial score (nSPS) is 13.8. The molecule has 0 aromatic heterocycles. The molecule has 5 rings (SSSR count). The van der Waals surface area contributed by atoms with E-state index >= 15 is 0 Å². The molecule has 0 radical (unpaired) electrons. The van der Waals surface area contributed by atoms with E-state index in [1.807, 2.05) is 43.3 Å². The van der Waals surface area contributed by atoms with Gasteiger partial charge in [0.15, 0.2) is 0 Å². The topological polar surface area (TPSA) is 41.5 Å². The van der Waals surface area contributed by atoms with Gasteiger partial charge in [-0.3, -0.25) is 4.79 Å². The molecule has 0 fully saturated rings. The Morgan fingerprint density at radius 1 is 0.706 bits per heavy atom. The van der Waals surface area contributed by atoms with Crippen molar-refractivity contribution in [2.75, 3.05) is 5.32 Å². The number of carbonyl (C=O) groups is 1. The monoisotopic (exact) mass is 444 g/mol. The van der Waals surface area contributed by atoms with Gasteiger partial charge in [-0.1, -0.05) is 97.1 Å². The van der Waals surface area contributed by atoms with E-state index in [4.69, 9.17) is 4.99 Å². The zero-order chi connectivity index (χ0) is 23.5. The van der Waals surface area contributed by atoms with E-state index in [1.165, 1.54) is 11.1 Å². The van der Waals surface area contributed by atoms with Crippen molar-refractivity contribution in [1.82, 2.24) is 0 Å². The Balaban J connectivity index is 1.66. The summed E-state index contributed by atoms with van der Waals surface area (Å²) in [4.78, 5) is 18.9. The van der Waals surface area contributed by atoms with Crippen molar-refractivity contribution in [2.24, 2.45) is 4.99 Å². The van der Waals surface area contributed by atoms with Crippen molar-refractivity contribution < 1.29 is 4.79 Å². The van der Waals surface area contributed by atoms with Crippen LogP contribution in [0.25, 0.3) is 0 Å². The molecule has 3 nitrogen and oxygen atoms in total. The molecule has 0 aliphatic carbocycles. The summed E-state index contributed by atoms with van der Waals surface area (Å²) in [6.07, 6.45) is 1.39. The molecule has 4 aromatic rings. The van der Waals surface area contributed by atoms with E-state index in [2.05, 4.69) is 79.0 Å². The quantitative estimate of drug-likeness (QED) is 0.351. The minimum atomic E-state index is -0.573. The first-order valence-electron chi connectivity index (χ1n) is 11.7. The van der Waals surface area contributed by atoms with Gasteiger partial charge in [0.25, 0.3) is 5.91 Å². The molecule has 0 saturated carbocycles. The highest BCUT2D eigenvalue weighted by Crippen LogP contribution is 2.46. The number of nitrogens with one attached hydrogen (secondary N) is 1. The zero-order valence-electron chi connectivity index (χ0n) is 19.6. The summed E-state index contributed by atoms with van der Waals surface area (Å²) in [6.45, 7) is 4.08. The average Bonchev–Trinajstić information content (AvgIpc) is 3.17. The fourth-order valence-corrected chi connectivity index (χ4v) is 5.01. The largest absolute Gasteiger partial charge is 0.321 e.